The first-order valence-corrected chi connectivity index (χ1v) is 4.28. The van der Waals surface area contributed by atoms with Crippen molar-refractivity contribution in [2.75, 3.05) is 0 Å². The quantitative estimate of drug-likeness (QED) is 0.352. The fourth-order valence-corrected chi connectivity index (χ4v) is 1.53. The number of nitrogens with zero attached hydrogens (tertiary/aromatic N) is 1. The summed E-state index contributed by atoms with van der Waals surface area (Å²) in [5.74, 6) is 0.556. The van der Waals surface area contributed by atoms with Gasteiger partial charge in [-0.3, -0.25) is 0 Å². The maximum atomic E-state index is 8.79. The van der Waals surface area contributed by atoms with Crippen molar-refractivity contribution in [3.05, 3.63) is 0 Å². The maximum absolute atomic E-state index is 8.79. The summed E-state index contributed by atoms with van der Waals surface area (Å²) in [4.78, 5) is 0. The molecule has 2 heteroatoms. The Morgan fingerprint density at radius 1 is 1.36 bits per heavy atom. The maximum Gasteiger partial charge on any atom is 0.0654 e. The number of hydrogen-bond donors (Lipinski definition) is 1. The minimum atomic E-state index is 0.0415. The lowest BCUT2D eigenvalue weighted by Crippen LogP contribution is -2.32. The SMILES string of the molecule is CC(C)(C)C(=NO)C1CCC1. The summed E-state index contributed by atoms with van der Waals surface area (Å²) in [6, 6.07) is 0. The standard InChI is InChI=1S/C9H17NO/c1-9(2,3)8(10-11)7-5-4-6-7/h7,11H,4-6H2,1-3H3. The van der Waals surface area contributed by atoms with Gasteiger partial charge >= 0.3 is 0 Å². The van der Waals surface area contributed by atoms with Crippen molar-refractivity contribution in [1.82, 2.24) is 0 Å². The van der Waals surface area contributed by atoms with E-state index in [2.05, 4.69) is 25.9 Å². The van der Waals surface area contributed by atoms with E-state index >= 15 is 0 Å². The van der Waals surface area contributed by atoms with Gasteiger partial charge in [0.1, 0.15) is 0 Å². The summed E-state index contributed by atoms with van der Waals surface area (Å²) < 4.78 is 0. The summed E-state index contributed by atoms with van der Waals surface area (Å²) in [5.41, 5.74) is 1.02. The van der Waals surface area contributed by atoms with Crippen molar-refractivity contribution >= 4 is 5.71 Å². The summed E-state index contributed by atoms with van der Waals surface area (Å²) in [6.07, 6.45) is 3.70. The van der Waals surface area contributed by atoms with E-state index in [-0.39, 0.29) is 5.41 Å². The van der Waals surface area contributed by atoms with Gasteiger partial charge in [-0.2, -0.15) is 0 Å². The topological polar surface area (TPSA) is 32.6 Å². The molecule has 0 saturated heterocycles. The highest BCUT2D eigenvalue weighted by atomic mass is 16.4. The van der Waals surface area contributed by atoms with Crippen molar-refractivity contribution in [2.45, 2.75) is 40.0 Å². The van der Waals surface area contributed by atoms with Crippen molar-refractivity contribution in [3.8, 4) is 0 Å². The van der Waals surface area contributed by atoms with Gasteiger partial charge in [0.05, 0.1) is 5.71 Å². The van der Waals surface area contributed by atoms with Crippen LogP contribution in [0.25, 0.3) is 0 Å². The molecule has 1 aliphatic rings. The zero-order valence-corrected chi connectivity index (χ0v) is 7.59. The van der Waals surface area contributed by atoms with Crippen LogP contribution in [0.15, 0.2) is 5.16 Å². The summed E-state index contributed by atoms with van der Waals surface area (Å²) in [6.45, 7) is 6.29. The van der Waals surface area contributed by atoms with Crippen molar-refractivity contribution < 1.29 is 5.21 Å². The molecule has 0 spiro atoms. The number of oxime groups is 1. The van der Waals surface area contributed by atoms with Gasteiger partial charge in [0.2, 0.25) is 0 Å². The largest absolute Gasteiger partial charge is 0.411 e. The van der Waals surface area contributed by atoms with E-state index in [1.165, 1.54) is 19.3 Å². The average Bonchev–Trinajstić information content (AvgIpc) is 1.74. The second-order valence-corrected chi connectivity index (χ2v) is 4.36. The fourth-order valence-electron chi connectivity index (χ4n) is 1.53. The molecular weight excluding hydrogens is 138 g/mol. The Labute approximate surface area is 68.3 Å². The molecule has 1 rings (SSSR count). The lowest BCUT2D eigenvalue weighted by molar-refractivity contribution is 0.289. The van der Waals surface area contributed by atoms with Crippen LogP contribution in [-0.4, -0.2) is 10.9 Å². The molecule has 0 aromatic heterocycles. The molecule has 0 aromatic rings. The Morgan fingerprint density at radius 3 is 2.00 bits per heavy atom. The van der Waals surface area contributed by atoms with Crippen LogP contribution in [0, 0.1) is 11.3 Å². The molecule has 11 heavy (non-hydrogen) atoms. The first kappa shape index (κ1) is 8.57. The lowest BCUT2D eigenvalue weighted by atomic mass is 9.72. The van der Waals surface area contributed by atoms with Gasteiger partial charge in [-0.25, -0.2) is 0 Å². The normalized spacial score (nSPS) is 21.5. The van der Waals surface area contributed by atoms with Crippen LogP contribution in [0.4, 0.5) is 0 Å². The molecule has 0 heterocycles. The molecule has 0 aromatic carbocycles. The molecule has 1 fully saturated rings. The van der Waals surface area contributed by atoms with Gasteiger partial charge in [-0.05, 0) is 12.8 Å². The van der Waals surface area contributed by atoms with Gasteiger partial charge < -0.3 is 5.21 Å². The van der Waals surface area contributed by atoms with Crippen LogP contribution in [0.5, 0.6) is 0 Å². The van der Waals surface area contributed by atoms with Crippen molar-refractivity contribution in [3.63, 3.8) is 0 Å². The molecule has 0 unspecified atom stereocenters. The Hall–Kier alpha value is -0.530. The predicted octanol–water partition coefficient (Wildman–Crippen LogP) is 2.66. The van der Waals surface area contributed by atoms with Crippen LogP contribution in [0.2, 0.25) is 0 Å². The summed E-state index contributed by atoms with van der Waals surface area (Å²) in [5, 5.41) is 12.2. The monoisotopic (exact) mass is 155 g/mol. The zero-order chi connectivity index (χ0) is 8.48. The van der Waals surface area contributed by atoms with Gasteiger partial charge in [-0.15, -0.1) is 0 Å². The third kappa shape index (κ3) is 1.73. The lowest BCUT2D eigenvalue weighted by Gasteiger charge is -2.33. The van der Waals surface area contributed by atoms with Crippen molar-refractivity contribution in [1.29, 1.82) is 0 Å². The molecule has 1 saturated carbocycles. The van der Waals surface area contributed by atoms with Crippen LogP contribution in [0.1, 0.15) is 40.0 Å². The van der Waals surface area contributed by atoms with E-state index in [9.17, 15) is 0 Å². The minimum Gasteiger partial charge on any atom is -0.411 e. The van der Waals surface area contributed by atoms with E-state index in [4.69, 9.17) is 5.21 Å². The molecule has 0 atom stereocenters. The molecule has 0 radical (unpaired) electrons. The van der Waals surface area contributed by atoms with E-state index in [1.54, 1.807) is 0 Å². The van der Waals surface area contributed by atoms with Gasteiger partial charge in [0, 0.05) is 11.3 Å². The second kappa shape index (κ2) is 2.84. The van der Waals surface area contributed by atoms with Crippen molar-refractivity contribution in [2.24, 2.45) is 16.5 Å². The van der Waals surface area contributed by atoms with Crippen LogP contribution in [0.3, 0.4) is 0 Å². The van der Waals surface area contributed by atoms with E-state index < -0.39 is 0 Å². The molecular formula is C9H17NO. The molecule has 1 aliphatic carbocycles. The smallest absolute Gasteiger partial charge is 0.0654 e. The highest BCUT2D eigenvalue weighted by Gasteiger charge is 2.31. The van der Waals surface area contributed by atoms with Crippen LogP contribution < -0.4 is 0 Å². The first-order chi connectivity index (χ1) is 5.05. The first-order valence-electron chi connectivity index (χ1n) is 4.28. The summed E-state index contributed by atoms with van der Waals surface area (Å²) in [7, 11) is 0. The third-order valence-electron chi connectivity index (χ3n) is 2.37. The molecule has 1 N–H and O–H groups in total. The highest BCUT2D eigenvalue weighted by Crippen LogP contribution is 2.34. The summed E-state index contributed by atoms with van der Waals surface area (Å²) >= 11 is 0. The van der Waals surface area contributed by atoms with E-state index in [0.29, 0.717) is 5.92 Å². The van der Waals surface area contributed by atoms with Gasteiger partial charge in [0.25, 0.3) is 0 Å². The van der Waals surface area contributed by atoms with E-state index in [1.807, 2.05) is 0 Å². The third-order valence-corrected chi connectivity index (χ3v) is 2.37. The van der Waals surface area contributed by atoms with Gasteiger partial charge in [-0.1, -0.05) is 32.3 Å². The number of hydrogen-bond acceptors (Lipinski definition) is 2. The van der Waals surface area contributed by atoms with E-state index in [0.717, 1.165) is 5.71 Å². The predicted molar refractivity (Wildman–Crippen MR) is 46.0 cm³/mol. The number of rotatable bonds is 1. The average molecular weight is 155 g/mol. The fraction of sp³-hybridized carbons (Fsp3) is 0.889. The second-order valence-electron chi connectivity index (χ2n) is 4.36. The Bertz CT molecular complexity index is 163. The molecule has 0 amide bonds. The Morgan fingerprint density at radius 2 is 1.91 bits per heavy atom. The Kier molecular flexibility index (Phi) is 2.21. The minimum absolute atomic E-state index is 0.0415. The molecule has 0 aliphatic heterocycles. The van der Waals surface area contributed by atoms with Crippen LogP contribution in [-0.2, 0) is 0 Å². The van der Waals surface area contributed by atoms with Gasteiger partial charge in [0.15, 0.2) is 0 Å². The molecule has 64 valence electrons. The molecule has 2 nitrogen and oxygen atoms in total. The highest BCUT2D eigenvalue weighted by molar-refractivity contribution is 5.91. The zero-order valence-electron chi connectivity index (χ0n) is 7.59. The molecule has 0 bridgehead atoms. The van der Waals surface area contributed by atoms with Crippen LogP contribution >= 0.6 is 0 Å². The Balaban J connectivity index is 2.64.